The number of carbonyl (C=O) groups is 1. The van der Waals surface area contributed by atoms with E-state index in [1.54, 1.807) is 31.2 Å². The van der Waals surface area contributed by atoms with Gasteiger partial charge in [-0.3, -0.25) is 0 Å². The van der Waals surface area contributed by atoms with Gasteiger partial charge in [0.15, 0.2) is 9.84 Å². The molecular formula is C19H17FO4S. The summed E-state index contributed by atoms with van der Waals surface area (Å²) in [5.74, 6) is -2.39. The first-order valence-corrected chi connectivity index (χ1v) is 9.16. The van der Waals surface area contributed by atoms with Crippen LogP contribution in [0.1, 0.15) is 16.7 Å². The van der Waals surface area contributed by atoms with E-state index in [9.17, 15) is 22.7 Å². The Morgan fingerprint density at radius 3 is 2.48 bits per heavy atom. The second kappa shape index (κ2) is 7.90. The molecule has 0 unspecified atom stereocenters. The molecule has 0 aliphatic rings. The van der Waals surface area contributed by atoms with Crippen LogP contribution in [0, 0.1) is 12.7 Å². The SMILES string of the molecule is Cc1ccc(F)cc1/C(=C\CS(=O)(=O)/C=C/c1ccccc1)C(=O)O. The second-order valence-electron chi connectivity index (χ2n) is 5.43. The number of aliphatic carboxylic acids is 1. The first-order valence-electron chi connectivity index (χ1n) is 7.44. The summed E-state index contributed by atoms with van der Waals surface area (Å²) >= 11 is 0. The summed E-state index contributed by atoms with van der Waals surface area (Å²) in [6.07, 6.45) is 2.53. The minimum absolute atomic E-state index is 0.162. The highest BCUT2D eigenvalue weighted by atomic mass is 32.2. The van der Waals surface area contributed by atoms with Crippen LogP contribution in [-0.4, -0.2) is 25.2 Å². The molecule has 0 amide bonds. The zero-order valence-electron chi connectivity index (χ0n) is 13.5. The topological polar surface area (TPSA) is 71.4 Å². The molecule has 0 saturated carbocycles. The highest BCUT2D eigenvalue weighted by Crippen LogP contribution is 2.21. The van der Waals surface area contributed by atoms with Gasteiger partial charge in [0, 0.05) is 5.41 Å². The Kier molecular flexibility index (Phi) is 5.88. The monoisotopic (exact) mass is 360 g/mol. The first kappa shape index (κ1) is 18.6. The maximum atomic E-state index is 13.4. The number of carboxylic acids is 1. The van der Waals surface area contributed by atoms with Crippen molar-refractivity contribution in [3.8, 4) is 0 Å². The van der Waals surface area contributed by atoms with Crippen LogP contribution < -0.4 is 0 Å². The minimum atomic E-state index is -3.65. The maximum Gasteiger partial charge on any atom is 0.336 e. The summed E-state index contributed by atoms with van der Waals surface area (Å²) < 4.78 is 37.6. The number of hydrogen-bond donors (Lipinski definition) is 1. The third kappa shape index (κ3) is 5.39. The average molecular weight is 360 g/mol. The number of benzene rings is 2. The van der Waals surface area contributed by atoms with Gasteiger partial charge in [0.2, 0.25) is 0 Å². The number of hydrogen-bond acceptors (Lipinski definition) is 3. The van der Waals surface area contributed by atoms with E-state index in [4.69, 9.17) is 0 Å². The molecule has 2 rings (SSSR count). The standard InChI is InChI=1S/C19H17FO4S/c1-14-7-8-16(20)13-18(14)17(19(21)22)10-12-25(23,24)11-9-15-5-3-2-4-6-15/h2-11,13H,12H2,1H3,(H,21,22)/b11-9+,17-10+. The fourth-order valence-corrected chi connectivity index (χ4v) is 3.07. The highest BCUT2D eigenvalue weighted by molar-refractivity contribution is 7.94. The molecule has 0 aliphatic carbocycles. The normalized spacial score (nSPS) is 12.5. The molecule has 1 N–H and O–H groups in total. The summed E-state index contributed by atoms with van der Waals surface area (Å²) in [6.45, 7) is 1.63. The fraction of sp³-hybridized carbons (Fsp3) is 0.105. The summed E-state index contributed by atoms with van der Waals surface area (Å²) in [6, 6.07) is 12.6. The lowest BCUT2D eigenvalue weighted by molar-refractivity contribution is -0.130. The highest BCUT2D eigenvalue weighted by Gasteiger charge is 2.15. The van der Waals surface area contributed by atoms with Gasteiger partial charge >= 0.3 is 5.97 Å². The van der Waals surface area contributed by atoms with Crippen LogP contribution in [0.3, 0.4) is 0 Å². The van der Waals surface area contributed by atoms with Crippen LogP contribution in [-0.2, 0) is 14.6 Å². The Labute approximate surface area is 145 Å². The summed E-state index contributed by atoms with van der Waals surface area (Å²) in [5.41, 5.74) is 1.19. The van der Waals surface area contributed by atoms with Crippen molar-refractivity contribution in [2.45, 2.75) is 6.92 Å². The maximum absolute atomic E-state index is 13.4. The molecule has 0 fully saturated rings. The number of carboxylic acid groups (broad SMARTS) is 1. The van der Waals surface area contributed by atoms with Gasteiger partial charge in [0.05, 0.1) is 11.3 Å². The van der Waals surface area contributed by atoms with E-state index < -0.39 is 27.4 Å². The van der Waals surface area contributed by atoms with Crippen molar-refractivity contribution in [3.63, 3.8) is 0 Å². The predicted molar refractivity (Wildman–Crippen MR) is 96.0 cm³/mol. The molecule has 0 aliphatic heterocycles. The molecule has 0 spiro atoms. The van der Waals surface area contributed by atoms with Crippen molar-refractivity contribution in [1.29, 1.82) is 0 Å². The largest absolute Gasteiger partial charge is 0.478 e. The third-order valence-corrected chi connectivity index (χ3v) is 4.69. The summed E-state index contributed by atoms with van der Waals surface area (Å²) in [5, 5.41) is 10.4. The van der Waals surface area contributed by atoms with Gasteiger partial charge in [-0.25, -0.2) is 17.6 Å². The lowest BCUT2D eigenvalue weighted by Gasteiger charge is -2.07. The van der Waals surface area contributed by atoms with Gasteiger partial charge in [-0.1, -0.05) is 42.5 Å². The summed E-state index contributed by atoms with van der Waals surface area (Å²) in [7, 11) is -3.65. The van der Waals surface area contributed by atoms with E-state index in [1.807, 2.05) is 6.07 Å². The number of sulfone groups is 1. The lowest BCUT2D eigenvalue weighted by Crippen LogP contribution is -2.06. The Morgan fingerprint density at radius 1 is 1.16 bits per heavy atom. The molecule has 130 valence electrons. The van der Waals surface area contributed by atoms with Gasteiger partial charge < -0.3 is 5.11 Å². The Bertz CT molecular complexity index is 929. The Hall–Kier alpha value is -2.73. The molecule has 0 aromatic heterocycles. The van der Waals surface area contributed by atoms with Crippen LogP contribution in [0.2, 0.25) is 0 Å². The second-order valence-corrected chi connectivity index (χ2v) is 7.36. The van der Waals surface area contributed by atoms with Crippen molar-refractivity contribution < 1.29 is 22.7 Å². The van der Waals surface area contributed by atoms with Crippen molar-refractivity contribution in [2.75, 3.05) is 5.75 Å². The molecule has 0 heterocycles. The number of halogens is 1. The quantitative estimate of drug-likeness (QED) is 0.798. The number of aryl methyl sites for hydroxylation is 1. The molecular weight excluding hydrogens is 343 g/mol. The minimum Gasteiger partial charge on any atom is -0.478 e. The molecule has 6 heteroatoms. The van der Waals surface area contributed by atoms with E-state index >= 15 is 0 Å². The predicted octanol–water partition coefficient (Wildman–Crippen LogP) is 3.69. The van der Waals surface area contributed by atoms with Crippen LogP contribution in [0.25, 0.3) is 11.6 Å². The van der Waals surface area contributed by atoms with Crippen molar-refractivity contribution in [1.82, 2.24) is 0 Å². The van der Waals surface area contributed by atoms with E-state index in [0.717, 1.165) is 23.1 Å². The zero-order valence-corrected chi connectivity index (χ0v) is 14.3. The zero-order chi connectivity index (χ0) is 18.4. The van der Waals surface area contributed by atoms with Crippen molar-refractivity contribution in [2.24, 2.45) is 0 Å². The van der Waals surface area contributed by atoms with Crippen molar-refractivity contribution in [3.05, 3.63) is 82.5 Å². The van der Waals surface area contributed by atoms with Crippen LogP contribution >= 0.6 is 0 Å². The van der Waals surface area contributed by atoms with Gasteiger partial charge in [-0.2, -0.15) is 0 Å². The van der Waals surface area contributed by atoms with Gasteiger partial charge in [0.1, 0.15) is 5.82 Å². The fourth-order valence-electron chi connectivity index (χ4n) is 2.20. The molecule has 0 atom stereocenters. The lowest BCUT2D eigenvalue weighted by atomic mass is 10.0. The molecule has 0 radical (unpaired) electrons. The molecule has 25 heavy (non-hydrogen) atoms. The van der Waals surface area contributed by atoms with Crippen LogP contribution in [0.15, 0.2) is 60.0 Å². The van der Waals surface area contributed by atoms with Gasteiger partial charge in [-0.05, 0) is 41.8 Å². The molecule has 2 aromatic carbocycles. The van der Waals surface area contributed by atoms with Gasteiger partial charge in [-0.15, -0.1) is 0 Å². The first-order chi connectivity index (χ1) is 11.8. The number of rotatable bonds is 6. The average Bonchev–Trinajstić information content (AvgIpc) is 2.57. The van der Waals surface area contributed by atoms with E-state index in [0.29, 0.717) is 5.56 Å². The van der Waals surface area contributed by atoms with Crippen LogP contribution in [0.5, 0.6) is 0 Å². The molecule has 0 bridgehead atoms. The molecule has 2 aromatic rings. The van der Waals surface area contributed by atoms with E-state index in [1.165, 1.54) is 18.2 Å². The van der Waals surface area contributed by atoms with E-state index in [-0.39, 0.29) is 11.1 Å². The Balaban J connectivity index is 2.28. The van der Waals surface area contributed by atoms with E-state index in [2.05, 4.69) is 0 Å². The van der Waals surface area contributed by atoms with Crippen LogP contribution in [0.4, 0.5) is 4.39 Å². The molecule has 4 nitrogen and oxygen atoms in total. The third-order valence-electron chi connectivity index (χ3n) is 3.51. The molecule has 0 saturated heterocycles. The van der Waals surface area contributed by atoms with Gasteiger partial charge in [0.25, 0.3) is 0 Å². The van der Waals surface area contributed by atoms with Crippen molar-refractivity contribution >= 4 is 27.5 Å². The summed E-state index contributed by atoms with van der Waals surface area (Å²) in [4.78, 5) is 11.5. The smallest absolute Gasteiger partial charge is 0.336 e. The Morgan fingerprint density at radius 2 is 1.84 bits per heavy atom.